The van der Waals surface area contributed by atoms with Gasteiger partial charge in [0.05, 0.1) is 15.8 Å². The quantitative estimate of drug-likeness (QED) is 0.749. The Morgan fingerprint density at radius 2 is 1.85 bits per heavy atom. The van der Waals surface area contributed by atoms with Gasteiger partial charge in [-0.1, -0.05) is 15.9 Å². The van der Waals surface area contributed by atoms with Gasteiger partial charge in [-0.3, -0.25) is 4.98 Å². The molecule has 0 aliphatic rings. The van der Waals surface area contributed by atoms with Gasteiger partial charge in [0.1, 0.15) is 0 Å². The van der Waals surface area contributed by atoms with Gasteiger partial charge in [0, 0.05) is 16.9 Å². The molecule has 0 unspecified atom stereocenters. The number of halogens is 5. The van der Waals surface area contributed by atoms with Crippen LogP contribution in [-0.4, -0.2) is 11.3 Å². The topological polar surface area (TPSA) is 34.1 Å². The third-order valence-electron chi connectivity index (χ3n) is 2.21. The molecule has 1 heterocycles. The second-order valence-corrected chi connectivity index (χ2v) is 5.44. The second kappa shape index (κ2) is 6.01. The Labute approximate surface area is 129 Å². The lowest BCUT2D eigenvalue weighted by molar-refractivity contribution is -0.274. The largest absolute Gasteiger partial charge is 0.573 e. The van der Waals surface area contributed by atoms with Crippen LogP contribution in [0, 0.1) is 0 Å². The Bertz CT molecular complexity index is 620. The minimum Gasteiger partial charge on any atom is -0.404 e. The molecule has 0 saturated carbocycles. The molecule has 0 fully saturated rings. The van der Waals surface area contributed by atoms with Gasteiger partial charge < -0.3 is 10.1 Å². The SMILES string of the molecule is FC(F)(F)Oc1cc(Br)ccc1Nc1ccncc1Br. The predicted octanol–water partition coefficient (Wildman–Crippen LogP) is 5.25. The first kappa shape index (κ1) is 15.1. The molecule has 2 rings (SSSR count). The van der Waals surface area contributed by atoms with E-state index in [9.17, 15) is 13.2 Å². The maximum absolute atomic E-state index is 12.4. The number of hydrogen-bond donors (Lipinski definition) is 1. The Morgan fingerprint density at radius 1 is 1.10 bits per heavy atom. The summed E-state index contributed by atoms with van der Waals surface area (Å²) in [6.07, 6.45) is -1.70. The number of alkyl halides is 3. The molecule has 0 radical (unpaired) electrons. The smallest absolute Gasteiger partial charge is 0.404 e. The summed E-state index contributed by atoms with van der Waals surface area (Å²) in [6.45, 7) is 0. The van der Waals surface area contributed by atoms with Crippen LogP contribution in [0.15, 0.2) is 45.6 Å². The van der Waals surface area contributed by atoms with Crippen molar-refractivity contribution in [1.29, 1.82) is 0 Å². The summed E-state index contributed by atoms with van der Waals surface area (Å²) in [4.78, 5) is 3.88. The van der Waals surface area contributed by atoms with E-state index >= 15 is 0 Å². The fraction of sp³-hybridized carbons (Fsp3) is 0.0833. The Balaban J connectivity index is 2.34. The standard InChI is InChI=1S/C12H7Br2F3N2O/c13-7-1-2-10(11(5-7)20-12(15,16)17)19-9-3-4-18-6-8(9)14/h1-6H,(H,18,19). The van der Waals surface area contributed by atoms with Gasteiger partial charge in [0.15, 0.2) is 5.75 Å². The van der Waals surface area contributed by atoms with Crippen LogP contribution in [0.2, 0.25) is 0 Å². The zero-order valence-electron chi connectivity index (χ0n) is 9.71. The molecule has 1 aromatic carbocycles. The van der Waals surface area contributed by atoms with Gasteiger partial charge in [-0.2, -0.15) is 0 Å². The average molecular weight is 412 g/mol. The minimum atomic E-state index is -4.76. The highest BCUT2D eigenvalue weighted by Gasteiger charge is 2.32. The summed E-state index contributed by atoms with van der Waals surface area (Å²) in [7, 11) is 0. The Morgan fingerprint density at radius 3 is 2.50 bits per heavy atom. The monoisotopic (exact) mass is 410 g/mol. The minimum absolute atomic E-state index is 0.192. The summed E-state index contributed by atoms with van der Waals surface area (Å²) in [5.74, 6) is -0.324. The summed E-state index contributed by atoms with van der Waals surface area (Å²) in [5, 5.41) is 2.86. The maximum atomic E-state index is 12.4. The molecule has 20 heavy (non-hydrogen) atoms. The number of aromatic nitrogens is 1. The summed E-state index contributed by atoms with van der Waals surface area (Å²) >= 11 is 6.37. The Kier molecular flexibility index (Phi) is 4.54. The van der Waals surface area contributed by atoms with E-state index in [4.69, 9.17) is 0 Å². The van der Waals surface area contributed by atoms with Gasteiger partial charge in [0.2, 0.25) is 0 Å². The lowest BCUT2D eigenvalue weighted by Gasteiger charge is -2.15. The summed E-state index contributed by atoms with van der Waals surface area (Å²) in [5.41, 5.74) is 0.770. The van der Waals surface area contributed by atoms with Crippen molar-refractivity contribution in [2.24, 2.45) is 0 Å². The van der Waals surface area contributed by atoms with Gasteiger partial charge in [-0.05, 0) is 40.2 Å². The van der Waals surface area contributed by atoms with Crippen LogP contribution in [0.4, 0.5) is 24.5 Å². The van der Waals surface area contributed by atoms with Crippen molar-refractivity contribution in [2.75, 3.05) is 5.32 Å². The van der Waals surface area contributed by atoms with Gasteiger partial charge in [-0.15, -0.1) is 13.2 Å². The molecule has 0 atom stereocenters. The van der Waals surface area contributed by atoms with Crippen LogP contribution >= 0.6 is 31.9 Å². The van der Waals surface area contributed by atoms with E-state index in [0.29, 0.717) is 14.6 Å². The molecule has 1 N–H and O–H groups in total. The summed E-state index contributed by atoms with van der Waals surface area (Å²) < 4.78 is 42.3. The molecule has 0 aliphatic heterocycles. The van der Waals surface area contributed by atoms with Crippen molar-refractivity contribution >= 4 is 43.2 Å². The lowest BCUT2D eigenvalue weighted by Crippen LogP contribution is -2.18. The molecular weight excluding hydrogens is 405 g/mol. The first-order valence-corrected chi connectivity index (χ1v) is 6.85. The fourth-order valence-corrected chi connectivity index (χ4v) is 2.12. The van der Waals surface area contributed by atoms with Gasteiger partial charge in [0.25, 0.3) is 0 Å². The van der Waals surface area contributed by atoms with E-state index < -0.39 is 6.36 Å². The van der Waals surface area contributed by atoms with E-state index in [1.54, 1.807) is 12.1 Å². The van der Waals surface area contributed by atoms with Crippen LogP contribution < -0.4 is 10.1 Å². The highest BCUT2D eigenvalue weighted by Crippen LogP contribution is 2.35. The van der Waals surface area contributed by atoms with Crippen LogP contribution in [0.3, 0.4) is 0 Å². The zero-order chi connectivity index (χ0) is 14.8. The van der Waals surface area contributed by atoms with Gasteiger partial charge >= 0.3 is 6.36 Å². The molecule has 0 bridgehead atoms. The van der Waals surface area contributed by atoms with E-state index in [0.717, 1.165) is 0 Å². The maximum Gasteiger partial charge on any atom is 0.573 e. The predicted molar refractivity (Wildman–Crippen MR) is 76.0 cm³/mol. The van der Waals surface area contributed by atoms with E-state index in [-0.39, 0.29) is 11.4 Å². The van der Waals surface area contributed by atoms with E-state index in [1.165, 1.54) is 24.5 Å². The molecule has 0 saturated heterocycles. The number of nitrogens with zero attached hydrogens (tertiary/aromatic N) is 1. The van der Waals surface area contributed by atoms with Gasteiger partial charge in [-0.25, -0.2) is 0 Å². The second-order valence-electron chi connectivity index (χ2n) is 3.67. The molecule has 0 amide bonds. The number of benzene rings is 1. The van der Waals surface area contributed by atoms with Crippen LogP contribution in [-0.2, 0) is 0 Å². The summed E-state index contributed by atoms with van der Waals surface area (Å²) in [6, 6.07) is 5.97. The Hall–Kier alpha value is -1.28. The highest BCUT2D eigenvalue weighted by molar-refractivity contribution is 9.10. The van der Waals surface area contributed by atoms with Crippen molar-refractivity contribution < 1.29 is 17.9 Å². The van der Waals surface area contributed by atoms with Crippen molar-refractivity contribution in [3.63, 3.8) is 0 Å². The molecule has 8 heteroatoms. The van der Waals surface area contributed by atoms with Crippen LogP contribution in [0.1, 0.15) is 0 Å². The van der Waals surface area contributed by atoms with E-state index in [2.05, 4.69) is 46.9 Å². The zero-order valence-corrected chi connectivity index (χ0v) is 12.9. The van der Waals surface area contributed by atoms with Crippen molar-refractivity contribution in [1.82, 2.24) is 4.98 Å². The lowest BCUT2D eigenvalue weighted by atomic mass is 10.2. The molecular formula is C12H7Br2F3N2O. The number of anilines is 2. The van der Waals surface area contributed by atoms with Crippen molar-refractivity contribution in [2.45, 2.75) is 6.36 Å². The number of ether oxygens (including phenoxy) is 1. The van der Waals surface area contributed by atoms with E-state index in [1.807, 2.05) is 0 Å². The third kappa shape index (κ3) is 4.11. The molecule has 2 aromatic rings. The number of nitrogens with one attached hydrogen (secondary N) is 1. The normalized spacial score (nSPS) is 11.2. The fourth-order valence-electron chi connectivity index (χ4n) is 1.43. The molecule has 3 nitrogen and oxygen atoms in total. The van der Waals surface area contributed by atoms with Crippen molar-refractivity contribution in [3.8, 4) is 5.75 Å². The molecule has 0 spiro atoms. The molecule has 106 valence electrons. The molecule has 0 aliphatic carbocycles. The average Bonchev–Trinajstić information content (AvgIpc) is 2.33. The first-order valence-electron chi connectivity index (χ1n) is 5.27. The van der Waals surface area contributed by atoms with Crippen LogP contribution in [0.5, 0.6) is 5.75 Å². The van der Waals surface area contributed by atoms with Crippen LogP contribution in [0.25, 0.3) is 0 Å². The third-order valence-corrected chi connectivity index (χ3v) is 3.34. The highest BCUT2D eigenvalue weighted by atomic mass is 79.9. The number of pyridine rings is 1. The number of rotatable bonds is 3. The molecule has 1 aromatic heterocycles. The first-order chi connectivity index (χ1) is 9.35. The number of hydrogen-bond acceptors (Lipinski definition) is 3. The van der Waals surface area contributed by atoms with Crippen molar-refractivity contribution in [3.05, 3.63) is 45.6 Å².